The number of nitrogens with zero attached hydrogens (tertiary/aromatic N) is 2. The number of aromatic amines is 1. The van der Waals surface area contributed by atoms with Gasteiger partial charge in [-0.1, -0.05) is 18.2 Å². The van der Waals surface area contributed by atoms with Gasteiger partial charge in [0.15, 0.2) is 5.82 Å². The minimum absolute atomic E-state index is 0.111. The van der Waals surface area contributed by atoms with E-state index in [4.69, 9.17) is 4.74 Å². The molecule has 6 heteroatoms. The van der Waals surface area contributed by atoms with E-state index in [9.17, 15) is 4.79 Å². The number of piperidine rings is 1. The Morgan fingerprint density at radius 3 is 2.80 bits per heavy atom. The van der Waals surface area contributed by atoms with Crippen molar-refractivity contribution in [2.45, 2.75) is 38.6 Å². The van der Waals surface area contributed by atoms with Crippen LogP contribution in [0.15, 0.2) is 30.3 Å². The Bertz CT molecular complexity index is 705. The molecule has 0 saturated carbocycles. The first-order valence-electron chi connectivity index (χ1n) is 8.84. The first-order valence-corrected chi connectivity index (χ1v) is 8.84. The molecule has 1 aliphatic heterocycles. The smallest absolute Gasteiger partial charge is 0.220 e. The van der Waals surface area contributed by atoms with Crippen LogP contribution in [0.4, 0.5) is 5.82 Å². The number of carbonyl (C=O) groups is 1. The maximum atomic E-state index is 12.3. The van der Waals surface area contributed by atoms with E-state index in [-0.39, 0.29) is 11.9 Å². The van der Waals surface area contributed by atoms with Crippen molar-refractivity contribution in [1.29, 1.82) is 0 Å². The highest BCUT2D eigenvalue weighted by molar-refractivity contribution is 5.76. The van der Waals surface area contributed by atoms with Gasteiger partial charge in [-0.15, -0.1) is 0 Å². The van der Waals surface area contributed by atoms with Crippen molar-refractivity contribution >= 4 is 11.7 Å². The molecule has 0 unspecified atom stereocenters. The van der Waals surface area contributed by atoms with Gasteiger partial charge >= 0.3 is 0 Å². The summed E-state index contributed by atoms with van der Waals surface area (Å²) in [5, 5.41) is 10.5. The molecule has 1 aromatic carbocycles. The number of aryl methyl sites for hydroxylation is 2. The first kappa shape index (κ1) is 17.3. The number of methoxy groups -OCH3 is 1. The third-order valence-electron chi connectivity index (χ3n) is 4.69. The molecule has 2 heterocycles. The highest BCUT2D eigenvalue weighted by atomic mass is 16.5. The number of nitrogens with one attached hydrogen (secondary N) is 2. The number of benzene rings is 1. The summed E-state index contributed by atoms with van der Waals surface area (Å²) < 4.78 is 5.34. The standard InChI is InChI=1S/C19H26N4O2/c1-14-13-18(22-21-14)23-11-9-16(10-12-23)20-19(24)8-7-15-5-3-4-6-17(15)25-2/h3-6,13,16H,7-12H2,1-2H3,(H,20,24)(H,21,22). The maximum absolute atomic E-state index is 12.3. The molecule has 1 saturated heterocycles. The average Bonchev–Trinajstić information content (AvgIpc) is 3.07. The second kappa shape index (κ2) is 8.05. The number of anilines is 1. The van der Waals surface area contributed by atoms with Gasteiger partial charge in [-0.25, -0.2) is 0 Å². The van der Waals surface area contributed by atoms with E-state index in [0.29, 0.717) is 12.8 Å². The minimum atomic E-state index is 0.111. The summed E-state index contributed by atoms with van der Waals surface area (Å²) in [5.74, 6) is 1.95. The Hall–Kier alpha value is -2.50. The highest BCUT2D eigenvalue weighted by Gasteiger charge is 2.22. The van der Waals surface area contributed by atoms with Gasteiger partial charge in [0, 0.05) is 37.3 Å². The number of para-hydroxylation sites is 1. The van der Waals surface area contributed by atoms with Crippen molar-refractivity contribution in [3.05, 3.63) is 41.6 Å². The van der Waals surface area contributed by atoms with Gasteiger partial charge in [0.2, 0.25) is 5.91 Å². The van der Waals surface area contributed by atoms with Crippen molar-refractivity contribution in [2.75, 3.05) is 25.1 Å². The van der Waals surface area contributed by atoms with E-state index in [1.54, 1.807) is 7.11 Å². The average molecular weight is 342 g/mol. The second-order valence-corrected chi connectivity index (χ2v) is 6.55. The van der Waals surface area contributed by atoms with Gasteiger partial charge in [0.1, 0.15) is 5.75 Å². The van der Waals surface area contributed by atoms with Gasteiger partial charge in [0.05, 0.1) is 7.11 Å². The van der Waals surface area contributed by atoms with Crippen LogP contribution in [0.1, 0.15) is 30.5 Å². The molecule has 1 aliphatic rings. The number of aromatic nitrogens is 2. The molecule has 2 N–H and O–H groups in total. The van der Waals surface area contributed by atoms with Gasteiger partial charge in [0.25, 0.3) is 0 Å². The summed E-state index contributed by atoms with van der Waals surface area (Å²) in [6.45, 7) is 3.84. The quantitative estimate of drug-likeness (QED) is 0.846. The monoisotopic (exact) mass is 342 g/mol. The van der Waals surface area contributed by atoms with Gasteiger partial charge in [-0.2, -0.15) is 5.10 Å². The van der Waals surface area contributed by atoms with E-state index in [0.717, 1.165) is 48.8 Å². The van der Waals surface area contributed by atoms with Crippen molar-refractivity contribution in [3.8, 4) is 5.75 Å². The van der Waals surface area contributed by atoms with E-state index in [1.807, 2.05) is 31.2 Å². The van der Waals surface area contributed by atoms with Crippen molar-refractivity contribution in [2.24, 2.45) is 0 Å². The van der Waals surface area contributed by atoms with Crippen LogP contribution in [0.5, 0.6) is 5.75 Å². The second-order valence-electron chi connectivity index (χ2n) is 6.55. The summed E-state index contributed by atoms with van der Waals surface area (Å²) >= 11 is 0. The van der Waals surface area contributed by atoms with Crippen molar-refractivity contribution < 1.29 is 9.53 Å². The van der Waals surface area contributed by atoms with E-state index < -0.39 is 0 Å². The lowest BCUT2D eigenvalue weighted by Crippen LogP contribution is -2.44. The fraction of sp³-hybridized carbons (Fsp3) is 0.474. The number of hydrogen-bond acceptors (Lipinski definition) is 4. The Balaban J connectivity index is 1.43. The van der Waals surface area contributed by atoms with E-state index >= 15 is 0 Å². The Morgan fingerprint density at radius 1 is 1.36 bits per heavy atom. The number of H-pyrrole nitrogens is 1. The molecule has 1 fully saturated rings. The fourth-order valence-corrected chi connectivity index (χ4v) is 3.28. The molecule has 0 aliphatic carbocycles. The molecular weight excluding hydrogens is 316 g/mol. The van der Waals surface area contributed by atoms with E-state index in [2.05, 4.69) is 26.5 Å². The lowest BCUT2D eigenvalue weighted by atomic mass is 10.0. The molecule has 134 valence electrons. The van der Waals surface area contributed by atoms with E-state index in [1.165, 1.54) is 0 Å². The highest BCUT2D eigenvalue weighted by Crippen LogP contribution is 2.20. The molecular formula is C19H26N4O2. The number of rotatable bonds is 6. The molecule has 0 radical (unpaired) electrons. The predicted molar refractivity (Wildman–Crippen MR) is 98.0 cm³/mol. The molecule has 6 nitrogen and oxygen atoms in total. The molecule has 25 heavy (non-hydrogen) atoms. The maximum Gasteiger partial charge on any atom is 0.220 e. The van der Waals surface area contributed by atoms with Crippen LogP contribution in [0, 0.1) is 6.92 Å². The number of ether oxygens (including phenoxy) is 1. The SMILES string of the molecule is COc1ccccc1CCC(=O)NC1CCN(c2cc(C)[nH]n2)CC1. The Labute approximate surface area is 148 Å². The number of amides is 1. The lowest BCUT2D eigenvalue weighted by Gasteiger charge is -2.32. The minimum Gasteiger partial charge on any atom is -0.496 e. The third kappa shape index (κ3) is 4.53. The summed E-state index contributed by atoms with van der Waals surface area (Å²) in [6.07, 6.45) is 3.08. The number of hydrogen-bond donors (Lipinski definition) is 2. The summed E-state index contributed by atoms with van der Waals surface area (Å²) in [7, 11) is 1.66. The van der Waals surface area contributed by atoms with Crippen LogP contribution in [0.25, 0.3) is 0 Å². The van der Waals surface area contributed by atoms with Gasteiger partial charge in [-0.05, 0) is 37.8 Å². The first-order chi connectivity index (χ1) is 12.2. The lowest BCUT2D eigenvalue weighted by molar-refractivity contribution is -0.121. The molecule has 0 bridgehead atoms. The Kier molecular flexibility index (Phi) is 5.58. The van der Waals surface area contributed by atoms with Crippen LogP contribution >= 0.6 is 0 Å². The van der Waals surface area contributed by atoms with Crippen LogP contribution in [-0.2, 0) is 11.2 Å². The van der Waals surface area contributed by atoms with Crippen LogP contribution in [-0.4, -0.2) is 42.3 Å². The van der Waals surface area contributed by atoms with Gasteiger partial charge < -0.3 is 15.0 Å². The summed E-state index contributed by atoms with van der Waals surface area (Å²) in [5.41, 5.74) is 2.14. The van der Waals surface area contributed by atoms with Crippen molar-refractivity contribution in [1.82, 2.24) is 15.5 Å². The third-order valence-corrected chi connectivity index (χ3v) is 4.69. The summed E-state index contributed by atoms with van der Waals surface area (Å²) in [4.78, 5) is 14.5. The van der Waals surface area contributed by atoms with Crippen LogP contribution in [0.3, 0.4) is 0 Å². The largest absolute Gasteiger partial charge is 0.496 e. The zero-order chi connectivity index (χ0) is 17.6. The zero-order valence-corrected chi connectivity index (χ0v) is 14.9. The Morgan fingerprint density at radius 2 is 2.12 bits per heavy atom. The van der Waals surface area contributed by atoms with Crippen LogP contribution < -0.4 is 15.0 Å². The molecule has 3 rings (SSSR count). The molecule has 0 atom stereocenters. The topological polar surface area (TPSA) is 70.2 Å². The predicted octanol–water partition coefficient (Wildman–Crippen LogP) is 2.44. The van der Waals surface area contributed by atoms with Crippen molar-refractivity contribution in [3.63, 3.8) is 0 Å². The molecule has 1 aromatic heterocycles. The van der Waals surface area contributed by atoms with Gasteiger partial charge in [-0.3, -0.25) is 9.89 Å². The normalized spacial score (nSPS) is 15.2. The molecule has 0 spiro atoms. The fourth-order valence-electron chi connectivity index (χ4n) is 3.28. The van der Waals surface area contributed by atoms with Crippen LogP contribution in [0.2, 0.25) is 0 Å². The number of carbonyl (C=O) groups excluding carboxylic acids is 1. The molecule has 1 amide bonds. The zero-order valence-electron chi connectivity index (χ0n) is 14.9. The molecule has 2 aromatic rings. The summed E-state index contributed by atoms with van der Waals surface area (Å²) in [6, 6.07) is 10.2.